The van der Waals surface area contributed by atoms with Gasteiger partial charge in [0.25, 0.3) is 11.8 Å². The summed E-state index contributed by atoms with van der Waals surface area (Å²) in [5.41, 5.74) is 0.201. The lowest BCUT2D eigenvalue weighted by Gasteiger charge is -2.37. The van der Waals surface area contributed by atoms with Crippen LogP contribution in [0.25, 0.3) is 0 Å². The van der Waals surface area contributed by atoms with E-state index in [1.54, 1.807) is 13.8 Å². The number of amides is 3. The van der Waals surface area contributed by atoms with Gasteiger partial charge >= 0.3 is 12.3 Å². The van der Waals surface area contributed by atoms with Crippen molar-refractivity contribution >= 4 is 17.9 Å². The van der Waals surface area contributed by atoms with Crippen LogP contribution in [0.1, 0.15) is 102 Å². The van der Waals surface area contributed by atoms with E-state index in [4.69, 9.17) is 14.2 Å². The van der Waals surface area contributed by atoms with Crippen molar-refractivity contribution in [3.63, 3.8) is 0 Å². The zero-order valence-corrected chi connectivity index (χ0v) is 24.0. The Morgan fingerprint density at radius 3 is 2.25 bits per heavy atom. The number of carbonyl (C=O) groups is 3. The third kappa shape index (κ3) is 8.74. The minimum absolute atomic E-state index is 0.130. The third-order valence-corrected chi connectivity index (χ3v) is 6.73. The lowest BCUT2D eigenvalue weighted by molar-refractivity contribution is -0.139. The molecule has 9 nitrogen and oxygen atoms in total. The fraction of sp³-hybridized carbons (Fsp3) is 0.679. The molecule has 1 aliphatic rings. The quantitative estimate of drug-likeness (QED) is 0.223. The van der Waals surface area contributed by atoms with E-state index in [0.717, 1.165) is 49.5 Å². The summed E-state index contributed by atoms with van der Waals surface area (Å²) < 4.78 is 57.5. The summed E-state index contributed by atoms with van der Waals surface area (Å²) >= 11 is 0. The molecule has 0 aliphatic carbocycles. The number of unbranched alkanes of at least 4 members (excludes halogenated alkanes) is 6. The first-order valence-corrected chi connectivity index (χ1v) is 13.8. The van der Waals surface area contributed by atoms with E-state index in [0.29, 0.717) is 18.9 Å². The molecule has 1 aliphatic heterocycles. The minimum Gasteiger partial charge on any atom is -0.493 e. The van der Waals surface area contributed by atoms with Gasteiger partial charge in [-0.3, -0.25) is 25.3 Å². The van der Waals surface area contributed by atoms with Crippen LogP contribution in [0, 0.1) is 0 Å². The fourth-order valence-electron chi connectivity index (χ4n) is 4.40. The highest BCUT2D eigenvalue weighted by molar-refractivity contribution is 5.97. The first kappa shape index (κ1) is 33.2. The van der Waals surface area contributed by atoms with E-state index in [9.17, 15) is 27.6 Å². The highest BCUT2D eigenvalue weighted by atomic mass is 19.4. The number of carbonyl (C=O) groups excluding carboxylic acids is 3. The van der Waals surface area contributed by atoms with E-state index in [-0.39, 0.29) is 31.1 Å². The number of alkyl halides is 3. The van der Waals surface area contributed by atoms with E-state index in [1.165, 1.54) is 13.0 Å². The van der Waals surface area contributed by atoms with Crippen molar-refractivity contribution in [2.45, 2.75) is 103 Å². The average molecular weight is 574 g/mol. The van der Waals surface area contributed by atoms with Crippen LogP contribution in [0.5, 0.6) is 5.75 Å². The van der Waals surface area contributed by atoms with Gasteiger partial charge in [0.1, 0.15) is 17.0 Å². The smallest absolute Gasteiger partial charge is 0.419 e. The van der Waals surface area contributed by atoms with Gasteiger partial charge in [-0.25, -0.2) is 4.79 Å². The third-order valence-electron chi connectivity index (χ3n) is 6.73. The second-order valence-corrected chi connectivity index (χ2v) is 10.5. The predicted octanol–water partition coefficient (Wildman–Crippen LogP) is 5.97. The summed E-state index contributed by atoms with van der Waals surface area (Å²) in [6.45, 7) is 8.79. The van der Waals surface area contributed by atoms with E-state index >= 15 is 0 Å². The molecule has 3 amide bonds. The van der Waals surface area contributed by atoms with Crippen LogP contribution in [-0.2, 0) is 20.4 Å². The maximum atomic E-state index is 13.7. The Morgan fingerprint density at radius 1 is 0.950 bits per heavy atom. The molecule has 2 rings (SSSR count). The van der Waals surface area contributed by atoms with Crippen LogP contribution in [0.2, 0.25) is 0 Å². The van der Waals surface area contributed by atoms with Crippen molar-refractivity contribution in [3.05, 3.63) is 29.3 Å². The van der Waals surface area contributed by atoms with Gasteiger partial charge in [-0.05, 0) is 51.8 Å². The molecule has 1 aromatic rings. The predicted molar refractivity (Wildman–Crippen MR) is 142 cm³/mol. The molecule has 1 atom stereocenters. The largest absolute Gasteiger partial charge is 0.493 e. The van der Waals surface area contributed by atoms with E-state index in [2.05, 4.69) is 17.8 Å². The Balaban J connectivity index is 2.06. The van der Waals surface area contributed by atoms with Crippen molar-refractivity contribution in [2.24, 2.45) is 0 Å². The molecule has 2 N–H and O–H groups in total. The number of nitrogens with zero attached hydrogens (tertiary/aromatic N) is 1. The van der Waals surface area contributed by atoms with Crippen molar-refractivity contribution in [3.8, 4) is 5.75 Å². The van der Waals surface area contributed by atoms with Crippen LogP contribution in [0.3, 0.4) is 0 Å². The second-order valence-electron chi connectivity index (χ2n) is 10.5. The van der Waals surface area contributed by atoms with Crippen LogP contribution < -0.4 is 15.6 Å². The van der Waals surface area contributed by atoms with Crippen molar-refractivity contribution in [1.82, 2.24) is 15.8 Å². The average Bonchev–Trinajstić information content (AvgIpc) is 3.15. The summed E-state index contributed by atoms with van der Waals surface area (Å²) in [5.74, 6) is -2.13. The fourth-order valence-corrected chi connectivity index (χ4v) is 4.40. The van der Waals surface area contributed by atoms with Crippen LogP contribution in [0.4, 0.5) is 18.0 Å². The first-order valence-electron chi connectivity index (χ1n) is 13.8. The minimum atomic E-state index is -4.76. The second kappa shape index (κ2) is 14.6. The van der Waals surface area contributed by atoms with Crippen LogP contribution in [-0.4, -0.2) is 53.9 Å². The molecule has 226 valence electrons. The topological polar surface area (TPSA) is 106 Å². The molecule has 0 radical (unpaired) electrons. The maximum Gasteiger partial charge on any atom is 0.419 e. The van der Waals surface area contributed by atoms with Gasteiger partial charge in [-0.1, -0.05) is 52.4 Å². The number of hydrogen-bond acceptors (Lipinski definition) is 6. The van der Waals surface area contributed by atoms with Crippen molar-refractivity contribution in [1.29, 1.82) is 0 Å². The molecule has 1 heterocycles. The molecule has 0 saturated carbocycles. The lowest BCUT2D eigenvalue weighted by atomic mass is 10.0. The first-order chi connectivity index (χ1) is 18.8. The molecule has 1 aromatic carbocycles. The number of benzene rings is 1. The lowest BCUT2D eigenvalue weighted by Crippen LogP contribution is -2.63. The Hall–Kier alpha value is -3.02. The molecular weight excluding hydrogens is 531 g/mol. The molecule has 12 heteroatoms. The highest BCUT2D eigenvalue weighted by Crippen LogP contribution is 2.37. The van der Waals surface area contributed by atoms with E-state index in [1.807, 2.05) is 6.92 Å². The van der Waals surface area contributed by atoms with Gasteiger partial charge in [-0.15, -0.1) is 0 Å². The van der Waals surface area contributed by atoms with Gasteiger partial charge in [0.15, 0.2) is 0 Å². The van der Waals surface area contributed by atoms with Gasteiger partial charge in [0.2, 0.25) is 0 Å². The molecule has 0 aromatic heterocycles. The number of nitrogens with one attached hydrogen (secondary N) is 2. The number of halogens is 3. The SMILES string of the molecule is CCCCCCCCOc1ccc(C(=O)NNC(=O)C2(C)COC(C)(C)N2C(=O)OCCCC)cc1C(F)(F)F. The molecule has 1 saturated heterocycles. The Bertz CT molecular complexity index is 1020. The summed E-state index contributed by atoms with van der Waals surface area (Å²) in [4.78, 5) is 39.7. The standard InChI is InChI=1S/C28H42F3N3O6/c1-6-8-10-11-12-13-17-38-22-15-14-20(18-21(22)28(29,30)31)23(35)32-33-24(36)27(5)19-40-26(3,4)34(27)25(37)39-16-9-7-2/h14-15,18H,6-13,16-17,19H2,1-5H3,(H,32,35)(H,33,36). The summed E-state index contributed by atoms with van der Waals surface area (Å²) in [6, 6.07) is 2.96. The molecule has 0 bridgehead atoms. The van der Waals surface area contributed by atoms with Crippen LogP contribution >= 0.6 is 0 Å². The summed E-state index contributed by atoms with van der Waals surface area (Å²) in [6.07, 6.45) is 1.71. The Labute approximate surface area is 234 Å². The molecule has 1 fully saturated rings. The summed E-state index contributed by atoms with van der Waals surface area (Å²) in [7, 11) is 0. The number of ether oxygens (including phenoxy) is 3. The Morgan fingerprint density at radius 2 is 1.60 bits per heavy atom. The number of rotatable bonds is 13. The number of hydrogen-bond donors (Lipinski definition) is 2. The molecule has 40 heavy (non-hydrogen) atoms. The normalized spacial score (nSPS) is 18.4. The van der Waals surface area contributed by atoms with Gasteiger partial charge in [0, 0.05) is 5.56 Å². The van der Waals surface area contributed by atoms with E-state index < -0.39 is 40.9 Å². The van der Waals surface area contributed by atoms with Crippen molar-refractivity contribution < 1.29 is 41.8 Å². The van der Waals surface area contributed by atoms with Crippen molar-refractivity contribution in [2.75, 3.05) is 19.8 Å². The molecule has 0 spiro atoms. The van der Waals surface area contributed by atoms with Gasteiger partial charge in [0.05, 0.1) is 25.4 Å². The molecular formula is C28H42F3N3O6. The van der Waals surface area contributed by atoms with Crippen LogP contribution in [0.15, 0.2) is 18.2 Å². The Kier molecular flexibility index (Phi) is 12.1. The maximum absolute atomic E-state index is 13.7. The zero-order valence-electron chi connectivity index (χ0n) is 24.0. The van der Waals surface area contributed by atoms with Gasteiger partial charge < -0.3 is 14.2 Å². The zero-order chi connectivity index (χ0) is 30.0. The number of hydrazine groups is 1. The van der Waals surface area contributed by atoms with Gasteiger partial charge in [-0.2, -0.15) is 13.2 Å². The summed E-state index contributed by atoms with van der Waals surface area (Å²) in [5, 5.41) is 0. The monoisotopic (exact) mass is 573 g/mol. The highest BCUT2D eigenvalue weighted by Gasteiger charge is 2.56. The molecule has 1 unspecified atom stereocenters.